The van der Waals surface area contributed by atoms with Gasteiger partial charge >= 0.3 is 0 Å². The van der Waals surface area contributed by atoms with E-state index >= 15 is 0 Å². The van der Waals surface area contributed by atoms with Crippen molar-refractivity contribution in [2.45, 2.75) is 12.3 Å². The third-order valence-electron chi connectivity index (χ3n) is 6.72. The molecule has 6 aromatic rings. The van der Waals surface area contributed by atoms with Crippen LogP contribution in [-0.2, 0) is 6.42 Å². The van der Waals surface area contributed by atoms with Gasteiger partial charge in [0.25, 0.3) is 0 Å². The largest absolute Gasteiger partial charge is 0.497 e. The van der Waals surface area contributed by atoms with Crippen molar-refractivity contribution < 1.29 is 4.74 Å². The third-order valence-corrected chi connectivity index (χ3v) is 6.72. The van der Waals surface area contributed by atoms with Crippen molar-refractivity contribution in [3.63, 3.8) is 0 Å². The molecule has 0 aliphatic rings. The van der Waals surface area contributed by atoms with Crippen molar-refractivity contribution in [1.29, 1.82) is 0 Å². The Morgan fingerprint density at radius 2 is 1.00 bits per heavy atom. The fraction of sp³-hybridized carbons (Fsp3) is 0.0909. The Hall–Kier alpha value is -5.30. The van der Waals surface area contributed by atoms with E-state index in [9.17, 15) is 0 Å². The van der Waals surface area contributed by atoms with E-state index in [1.54, 1.807) is 25.7 Å². The number of nitrogens with zero attached hydrogens (tertiary/aromatic N) is 6. The lowest BCUT2D eigenvalue weighted by Gasteiger charge is -2.20. The molecule has 0 aliphatic carbocycles. The molecule has 0 aliphatic heterocycles. The zero-order chi connectivity index (χ0) is 27.1. The summed E-state index contributed by atoms with van der Waals surface area (Å²) in [4.78, 5) is 27.4. The van der Waals surface area contributed by atoms with Crippen molar-refractivity contribution in [1.82, 2.24) is 29.9 Å². The number of rotatable bonds is 8. The number of ether oxygens (including phenoxy) is 1. The Bertz CT molecular complexity index is 1640. The predicted octanol–water partition coefficient (Wildman–Crippen LogP) is 6.44. The summed E-state index contributed by atoms with van der Waals surface area (Å²) in [5, 5.41) is 0. The molecule has 7 nitrogen and oxygen atoms in total. The summed E-state index contributed by atoms with van der Waals surface area (Å²) in [6.45, 7) is 0. The molecule has 0 radical (unpaired) electrons. The van der Waals surface area contributed by atoms with Gasteiger partial charge in [0, 0.05) is 49.2 Å². The minimum absolute atomic E-state index is 0.0180. The molecule has 0 saturated carbocycles. The van der Waals surface area contributed by atoms with E-state index in [1.807, 2.05) is 67.1 Å². The van der Waals surface area contributed by atoms with Crippen LogP contribution < -0.4 is 4.74 Å². The van der Waals surface area contributed by atoms with Gasteiger partial charge < -0.3 is 4.74 Å². The Balaban J connectivity index is 1.42. The quantitative estimate of drug-likeness (QED) is 0.227. The van der Waals surface area contributed by atoms with Crippen molar-refractivity contribution in [2.24, 2.45) is 0 Å². The SMILES string of the molecule is COc1ccnc(-c2cc(CC(c3ccnc(-c4ccccn4)c3)c3ccnc(-c4ccccn4)c3)ccn2)c1. The molecule has 194 valence electrons. The molecule has 0 aromatic carbocycles. The Morgan fingerprint density at radius 1 is 0.500 bits per heavy atom. The van der Waals surface area contributed by atoms with Crippen molar-refractivity contribution in [3.05, 3.63) is 139 Å². The average Bonchev–Trinajstić information content (AvgIpc) is 3.05. The fourth-order valence-corrected chi connectivity index (χ4v) is 4.72. The van der Waals surface area contributed by atoms with Gasteiger partial charge in [0.15, 0.2) is 0 Å². The lowest BCUT2D eigenvalue weighted by atomic mass is 9.86. The van der Waals surface area contributed by atoms with E-state index in [-0.39, 0.29) is 5.92 Å². The highest BCUT2D eigenvalue weighted by Gasteiger charge is 2.19. The van der Waals surface area contributed by atoms with Crippen LogP contribution in [0.1, 0.15) is 22.6 Å². The molecule has 0 unspecified atom stereocenters. The first-order valence-electron chi connectivity index (χ1n) is 13.0. The highest BCUT2D eigenvalue weighted by atomic mass is 16.5. The van der Waals surface area contributed by atoms with E-state index in [1.165, 1.54) is 0 Å². The second-order valence-corrected chi connectivity index (χ2v) is 9.27. The summed E-state index contributed by atoms with van der Waals surface area (Å²) in [7, 11) is 1.65. The zero-order valence-electron chi connectivity index (χ0n) is 21.9. The highest BCUT2D eigenvalue weighted by molar-refractivity contribution is 5.59. The average molecular weight is 523 g/mol. The first-order chi connectivity index (χ1) is 19.8. The molecule has 40 heavy (non-hydrogen) atoms. The van der Waals surface area contributed by atoms with Crippen LogP contribution in [0, 0.1) is 0 Å². The Morgan fingerprint density at radius 3 is 1.55 bits per heavy atom. The van der Waals surface area contributed by atoms with E-state index in [0.29, 0.717) is 0 Å². The second-order valence-electron chi connectivity index (χ2n) is 9.27. The number of pyridine rings is 6. The molecule has 6 heterocycles. The maximum atomic E-state index is 5.39. The Labute approximate surface area is 232 Å². The van der Waals surface area contributed by atoms with Gasteiger partial charge in [-0.05, 0) is 89.8 Å². The second kappa shape index (κ2) is 11.6. The fourth-order valence-electron chi connectivity index (χ4n) is 4.72. The molecule has 0 bridgehead atoms. The van der Waals surface area contributed by atoms with Gasteiger partial charge in [-0.3, -0.25) is 29.9 Å². The van der Waals surface area contributed by atoms with E-state index in [4.69, 9.17) is 4.74 Å². The summed E-state index contributed by atoms with van der Waals surface area (Å²) in [5.74, 6) is 0.761. The number of hydrogen-bond donors (Lipinski definition) is 0. The molecule has 0 fully saturated rings. The molecular formula is C33H26N6O. The minimum Gasteiger partial charge on any atom is -0.497 e. The molecule has 6 rings (SSSR count). The van der Waals surface area contributed by atoms with Crippen LogP contribution in [0.2, 0.25) is 0 Å². The van der Waals surface area contributed by atoms with Gasteiger partial charge in [-0.2, -0.15) is 0 Å². The zero-order valence-corrected chi connectivity index (χ0v) is 21.9. The van der Waals surface area contributed by atoms with Crippen molar-refractivity contribution in [2.75, 3.05) is 7.11 Å². The van der Waals surface area contributed by atoms with Crippen LogP contribution in [0.4, 0.5) is 0 Å². The smallest absolute Gasteiger partial charge is 0.122 e. The lowest BCUT2D eigenvalue weighted by Crippen LogP contribution is -2.07. The van der Waals surface area contributed by atoms with E-state index < -0.39 is 0 Å². The molecule has 0 spiro atoms. The monoisotopic (exact) mass is 522 g/mol. The van der Waals surface area contributed by atoms with Gasteiger partial charge in [-0.25, -0.2) is 0 Å². The number of methoxy groups -OCH3 is 1. The summed E-state index contributed by atoms with van der Waals surface area (Å²) in [6, 6.07) is 28.0. The normalized spacial score (nSPS) is 10.9. The van der Waals surface area contributed by atoms with Gasteiger partial charge in [0.05, 0.1) is 41.3 Å². The van der Waals surface area contributed by atoms with Gasteiger partial charge in [0.2, 0.25) is 0 Å². The Kier molecular flexibility index (Phi) is 7.26. The predicted molar refractivity (Wildman–Crippen MR) is 155 cm³/mol. The molecule has 0 amide bonds. The summed E-state index contributed by atoms with van der Waals surface area (Å²) >= 11 is 0. The maximum Gasteiger partial charge on any atom is 0.122 e. The first kappa shape index (κ1) is 25.0. The van der Waals surface area contributed by atoms with Crippen LogP contribution in [-0.4, -0.2) is 37.0 Å². The van der Waals surface area contributed by atoms with Gasteiger partial charge in [0.1, 0.15) is 5.75 Å². The third kappa shape index (κ3) is 5.59. The maximum absolute atomic E-state index is 5.39. The summed E-state index contributed by atoms with van der Waals surface area (Å²) < 4.78 is 5.39. The summed E-state index contributed by atoms with van der Waals surface area (Å²) in [6.07, 6.45) is 11.6. The van der Waals surface area contributed by atoms with Gasteiger partial charge in [-0.1, -0.05) is 12.1 Å². The van der Waals surface area contributed by atoms with Crippen LogP contribution in [0.25, 0.3) is 34.2 Å². The summed E-state index contributed by atoms with van der Waals surface area (Å²) in [5.41, 5.74) is 8.29. The number of aromatic nitrogens is 6. The molecular weight excluding hydrogens is 496 g/mol. The van der Waals surface area contributed by atoms with Crippen LogP contribution in [0.15, 0.2) is 122 Å². The lowest BCUT2D eigenvalue weighted by molar-refractivity contribution is 0.414. The van der Waals surface area contributed by atoms with Crippen LogP contribution in [0.5, 0.6) is 5.75 Å². The number of hydrogen-bond acceptors (Lipinski definition) is 7. The van der Waals surface area contributed by atoms with Gasteiger partial charge in [-0.15, -0.1) is 0 Å². The minimum atomic E-state index is 0.0180. The van der Waals surface area contributed by atoms with Crippen molar-refractivity contribution >= 4 is 0 Å². The molecule has 7 heteroatoms. The standard InChI is InChI=1S/C33H26N6O/c1-40-26-11-17-39-33(22-26)30-19-23(8-14-36-30)18-27(24-9-15-37-31(20-24)28-6-2-4-12-34-28)25-10-16-38-32(21-25)29-7-3-5-13-35-29/h2-17,19-22,27H,18H2,1H3. The molecule has 6 aromatic heterocycles. The first-order valence-corrected chi connectivity index (χ1v) is 13.0. The van der Waals surface area contributed by atoms with E-state index in [2.05, 4.69) is 66.3 Å². The van der Waals surface area contributed by atoms with E-state index in [0.717, 1.165) is 63.0 Å². The molecule has 0 N–H and O–H groups in total. The van der Waals surface area contributed by atoms with Crippen molar-refractivity contribution in [3.8, 4) is 39.9 Å². The molecule has 0 atom stereocenters. The topological polar surface area (TPSA) is 86.6 Å². The highest BCUT2D eigenvalue weighted by Crippen LogP contribution is 2.32. The van der Waals surface area contributed by atoms with Crippen LogP contribution in [0.3, 0.4) is 0 Å². The van der Waals surface area contributed by atoms with Crippen LogP contribution >= 0.6 is 0 Å². The molecule has 0 saturated heterocycles.